The Kier molecular flexibility index (Phi) is 3.31. The van der Waals surface area contributed by atoms with E-state index in [1.165, 1.54) is 0 Å². The summed E-state index contributed by atoms with van der Waals surface area (Å²) in [4.78, 5) is 14.5. The molecule has 2 atom stereocenters. The first-order chi connectivity index (χ1) is 9.17. The molecule has 1 aromatic rings. The van der Waals surface area contributed by atoms with Crippen molar-refractivity contribution < 1.29 is 9.32 Å². The molecule has 0 unspecified atom stereocenters. The lowest BCUT2D eigenvalue weighted by Crippen LogP contribution is -2.40. The van der Waals surface area contributed by atoms with Crippen molar-refractivity contribution >= 4 is 5.91 Å². The number of likely N-dealkylation sites (N-methyl/N-ethyl adjacent to an activating group) is 1. The number of rotatable bonds is 4. The first-order valence-electron chi connectivity index (χ1n) is 7.17. The molecule has 5 heteroatoms. The second-order valence-corrected chi connectivity index (χ2v) is 5.80. The molecular weight excluding hydrogens is 242 g/mol. The van der Waals surface area contributed by atoms with Gasteiger partial charge in [-0.25, -0.2) is 0 Å². The van der Waals surface area contributed by atoms with Crippen LogP contribution in [-0.2, 0) is 0 Å². The minimum absolute atomic E-state index is 0.106. The van der Waals surface area contributed by atoms with E-state index in [9.17, 15) is 4.79 Å². The maximum Gasteiger partial charge on any atom is 0.273 e. The summed E-state index contributed by atoms with van der Waals surface area (Å²) in [6.45, 7) is 7.34. The lowest BCUT2D eigenvalue weighted by atomic mass is 10.1. The summed E-state index contributed by atoms with van der Waals surface area (Å²) < 4.78 is 5.22. The fraction of sp³-hybridized carbons (Fsp3) is 0.714. The van der Waals surface area contributed by atoms with Crippen LogP contribution in [0, 0.1) is 5.92 Å². The zero-order valence-corrected chi connectivity index (χ0v) is 11.6. The molecule has 1 aliphatic carbocycles. The summed E-state index contributed by atoms with van der Waals surface area (Å²) in [6, 6.07) is 2.01. The predicted octanol–water partition coefficient (Wildman–Crippen LogP) is 1.62. The molecule has 0 bridgehead atoms. The van der Waals surface area contributed by atoms with Crippen molar-refractivity contribution in [1.29, 1.82) is 0 Å². The summed E-state index contributed by atoms with van der Waals surface area (Å²) in [5, 5.41) is 6.96. The number of carbonyl (C=O) groups excluding carboxylic acids is 1. The van der Waals surface area contributed by atoms with E-state index in [4.69, 9.17) is 4.52 Å². The Morgan fingerprint density at radius 2 is 2.32 bits per heavy atom. The minimum atomic E-state index is -0.106. The van der Waals surface area contributed by atoms with E-state index >= 15 is 0 Å². The van der Waals surface area contributed by atoms with Gasteiger partial charge >= 0.3 is 0 Å². The van der Waals surface area contributed by atoms with E-state index in [-0.39, 0.29) is 11.9 Å². The van der Waals surface area contributed by atoms with Crippen molar-refractivity contribution in [3.63, 3.8) is 0 Å². The number of likely N-dealkylation sites (tertiary alicyclic amines) is 1. The normalized spacial score (nSPS) is 27.7. The minimum Gasteiger partial charge on any atom is -0.360 e. The van der Waals surface area contributed by atoms with Gasteiger partial charge in [-0.3, -0.25) is 4.79 Å². The summed E-state index contributed by atoms with van der Waals surface area (Å²) in [6.07, 6.45) is 2.31. The smallest absolute Gasteiger partial charge is 0.273 e. The number of nitrogens with one attached hydrogen (secondary N) is 1. The lowest BCUT2D eigenvalue weighted by molar-refractivity contribution is 0.0922. The maximum absolute atomic E-state index is 12.1. The molecule has 1 saturated carbocycles. The lowest BCUT2D eigenvalue weighted by Gasteiger charge is -2.15. The average Bonchev–Trinajstić information content (AvgIpc) is 3.02. The molecule has 1 aromatic heterocycles. The second kappa shape index (κ2) is 4.96. The van der Waals surface area contributed by atoms with E-state index in [2.05, 4.69) is 29.2 Å². The fourth-order valence-corrected chi connectivity index (χ4v) is 2.71. The number of nitrogens with zero attached hydrogens (tertiary/aromatic N) is 2. The zero-order valence-electron chi connectivity index (χ0n) is 11.6. The van der Waals surface area contributed by atoms with Gasteiger partial charge in [0.05, 0.1) is 0 Å². The molecule has 0 spiro atoms. The van der Waals surface area contributed by atoms with Gasteiger partial charge < -0.3 is 14.7 Å². The Bertz CT molecular complexity index is 467. The third-order valence-electron chi connectivity index (χ3n) is 4.19. The second-order valence-electron chi connectivity index (χ2n) is 5.80. The Hall–Kier alpha value is -1.36. The third-order valence-corrected chi connectivity index (χ3v) is 4.19. The van der Waals surface area contributed by atoms with Crippen LogP contribution in [0.4, 0.5) is 0 Å². The van der Waals surface area contributed by atoms with Gasteiger partial charge in [0.2, 0.25) is 0 Å². The molecule has 3 rings (SSSR count). The number of hydrogen-bond donors (Lipinski definition) is 1. The Morgan fingerprint density at radius 1 is 1.53 bits per heavy atom. The highest BCUT2D eigenvalue weighted by Gasteiger charge is 2.32. The zero-order chi connectivity index (χ0) is 13.4. The van der Waals surface area contributed by atoms with E-state index in [0.29, 0.717) is 17.5 Å². The number of carbonyl (C=O) groups is 1. The van der Waals surface area contributed by atoms with Crippen molar-refractivity contribution in [2.24, 2.45) is 5.92 Å². The van der Waals surface area contributed by atoms with Crippen molar-refractivity contribution in [2.75, 3.05) is 19.6 Å². The van der Waals surface area contributed by atoms with Crippen molar-refractivity contribution in [2.45, 2.75) is 38.6 Å². The molecule has 5 nitrogen and oxygen atoms in total. The SMILES string of the molecule is CCN1C[C@@H](C)[C@H](NC(=O)c2cc(C3CC3)on2)C1. The van der Waals surface area contributed by atoms with Gasteiger partial charge in [-0.2, -0.15) is 0 Å². The van der Waals surface area contributed by atoms with Crippen LogP contribution in [0.5, 0.6) is 0 Å². The van der Waals surface area contributed by atoms with Gasteiger partial charge in [0, 0.05) is 31.1 Å². The fourth-order valence-electron chi connectivity index (χ4n) is 2.71. The first-order valence-corrected chi connectivity index (χ1v) is 7.17. The topological polar surface area (TPSA) is 58.4 Å². The molecule has 1 N–H and O–H groups in total. The van der Waals surface area contributed by atoms with Crippen LogP contribution in [0.25, 0.3) is 0 Å². The Balaban J connectivity index is 1.60. The Morgan fingerprint density at radius 3 is 2.95 bits per heavy atom. The summed E-state index contributed by atoms with van der Waals surface area (Å²) in [5.41, 5.74) is 0.420. The predicted molar refractivity (Wildman–Crippen MR) is 71.0 cm³/mol. The van der Waals surface area contributed by atoms with Crippen molar-refractivity contribution in [3.8, 4) is 0 Å². The standard InChI is InChI=1S/C14H21N3O2/c1-3-17-7-9(2)12(8-17)15-14(18)11-6-13(19-16-11)10-4-5-10/h6,9-10,12H,3-5,7-8H2,1-2H3,(H,15,18)/t9-,12-/m1/s1. The largest absolute Gasteiger partial charge is 0.360 e. The molecule has 2 aliphatic rings. The van der Waals surface area contributed by atoms with E-state index < -0.39 is 0 Å². The first kappa shape index (κ1) is 12.7. The van der Waals surface area contributed by atoms with Crippen LogP contribution in [0.3, 0.4) is 0 Å². The molecule has 2 heterocycles. The maximum atomic E-state index is 12.1. The average molecular weight is 263 g/mol. The third kappa shape index (κ3) is 2.66. The molecule has 19 heavy (non-hydrogen) atoms. The molecule has 1 saturated heterocycles. The van der Waals surface area contributed by atoms with Gasteiger partial charge in [0.25, 0.3) is 5.91 Å². The highest BCUT2D eigenvalue weighted by molar-refractivity contribution is 5.92. The number of aromatic nitrogens is 1. The van der Waals surface area contributed by atoms with Crippen LogP contribution >= 0.6 is 0 Å². The highest BCUT2D eigenvalue weighted by Crippen LogP contribution is 2.40. The molecule has 0 aromatic carbocycles. The van der Waals surface area contributed by atoms with E-state index in [1.54, 1.807) is 6.07 Å². The van der Waals surface area contributed by atoms with Gasteiger partial charge in [-0.1, -0.05) is 19.0 Å². The summed E-state index contributed by atoms with van der Waals surface area (Å²) in [5.74, 6) is 1.74. The number of amides is 1. The molecule has 104 valence electrons. The molecule has 0 radical (unpaired) electrons. The van der Waals surface area contributed by atoms with Crippen LogP contribution in [0.1, 0.15) is 48.9 Å². The quantitative estimate of drug-likeness (QED) is 0.897. The monoisotopic (exact) mass is 263 g/mol. The van der Waals surface area contributed by atoms with E-state index in [0.717, 1.165) is 38.2 Å². The van der Waals surface area contributed by atoms with Crippen molar-refractivity contribution in [3.05, 3.63) is 17.5 Å². The van der Waals surface area contributed by atoms with Gasteiger partial charge in [0.15, 0.2) is 5.69 Å². The summed E-state index contributed by atoms with van der Waals surface area (Å²) >= 11 is 0. The molecule has 2 fully saturated rings. The molecular formula is C14H21N3O2. The number of hydrogen-bond acceptors (Lipinski definition) is 4. The van der Waals surface area contributed by atoms with Gasteiger partial charge in [-0.05, 0) is 25.3 Å². The van der Waals surface area contributed by atoms with Gasteiger partial charge in [0.1, 0.15) is 5.76 Å². The van der Waals surface area contributed by atoms with Crippen LogP contribution < -0.4 is 5.32 Å². The van der Waals surface area contributed by atoms with Gasteiger partial charge in [-0.15, -0.1) is 0 Å². The Labute approximate surface area is 113 Å². The highest BCUT2D eigenvalue weighted by atomic mass is 16.5. The van der Waals surface area contributed by atoms with Crippen LogP contribution in [0.2, 0.25) is 0 Å². The van der Waals surface area contributed by atoms with Crippen molar-refractivity contribution in [1.82, 2.24) is 15.4 Å². The molecule has 1 aliphatic heterocycles. The van der Waals surface area contributed by atoms with E-state index in [1.807, 2.05) is 0 Å². The van der Waals surface area contributed by atoms with Crippen LogP contribution in [0.15, 0.2) is 10.6 Å². The molecule has 1 amide bonds. The summed E-state index contributed by atoms with van der Waals surface area (Å²) in [7, 11) is 0. The van der Waals surface area contributed by atoms with Crippen LogP contribution in [-0.4, -0.2) is 41.6 Å².